The molecule has 0 rings (SSSR count). The number of hydrogen-bond acceptors (Lipinski definition) is 15. The standard InChI is InChI=1S/C68H132O17P2/c1-8-11-12-13-14-18-28-35-42-49-65(70)78-55-64(85-68(73)52-45-38-31-24-23-27-34-41-48-61(7)10-3)58-83-87(76,77)81-54-62(69)53-80-86(74,75)82-57-63(56-79-66(71)50-43-36-29-22-17-19-25-32-39-46-59(4)5)84-67(72)51-44-37-30-21-16-15-20-26-33-40-47-60(6)9-2/h59-64,69H,8-58H2,1-7H3,(H,74,75)(H,76,77)/t60?,61?,62-,63-,64-/m1/s1. The maximum atomic E-state index is 13.0. The van der Waals surface area contributed by atoms with E-state index in [0.717, 1.165) is 108 Å². The Labute approximate surface area is 530 Å². The molecule has 0 aliphatic carbocycles. The van der Waals surface area contributed by atoms with Crippen molar-refractivity contribution in [3.05, 3.63) is 0 Å². The fourth-order valence-electron chi connectivity index (χ4n) is 10.1. The minimum atomic E-state index is -4.95. The zero-order chi connectivity index (χ0) is 64.5. The first-order chi connectivity index (χ1) is 41.8. The van der Waals surface area contributed by atoms with Gasteiger partial charge in [-0.25, -0.2) is 9.13 Å². The van der Waals surface area contributed by atoms with Gasteiger partial charge in [0.25, 0.3) is 0 Å². The van der Waals surface area contributed by atoms with Crippen LogP contribution in [0, 0.1) is 17.8 Å². The Kier molecular flexibility index (Phi) is 57.8. The molecule has 0 aliphatic heterocycles. The summed E-state index contributed by atoms with van der Waals surface area (Å²) in [5.74, 6) is 0.185. The SMILES string of the molecule is CCCCCCCCCCCC(=O)OC[C@H](COP(=O)(O)OC[C@H](O)COP(=O)(O)OC[C@@H](COC(=O)CCCCCCCCCCCC(C)C)OC(=O)CCCCCCCCCCCCC(C)CC)OC(=O)CCCCCCCCCCC(C)CC. The summed E-state index contributed by atoms with van der Waals surface area (Å²) < 4.78 is 68.2. The Morgan fingerprint density at radius 3 is 0.874 bits per heavy atom. The van der Waals surface area contributed by atoms with Crippen LogP contribution < -0.4 is 0 Å². The van der Waals surface area contributed by atoms with Gasteiger partial charge in [-0.05, 0) is 43.4 Å². The van der Waals surface area contributed by atoms with Crippen molar-refractivity contribution in [1.29, 1.82) is 0 Å². The molecule has 4 unspecified atom stereocenters. The summed E-state index contributed by atoms with van der Waals surface area (Å²) in [6.45, 7) is 11.8. The lowest BCUT2D eigenvalue weighted by Crippen LogP contribution is -2.30. The lowest BCUT2D eigenvalue weighted by atomic mass is 9.99. The Morgan fingerprint density at radius 1 is 0.333 bits per heavy atom. The van der Waals surface area contributed by atoms with Gasteiger partial charge in [-0.1, -0.05) is 286 Å². The molecule has 0 bridgehead atoms. The van der Waals surface area contributed by atoms with E-state index < -0.39 is 97.5 Å². The first kappa shape index (κ1) is 85.1. The summed E-state index contributed by atoms with van der Waals surface area (Å²) in [6, 6.07) is 0. The minimum Gasteiger partial charge on any atom is -0.462 e. The van der Waals surface area contributed by atoms with Crippen molar-refractivity contribution in [2.45, 2.75) is 356 Å². The number of rotatable bonds is 66. The molecule has 516 valence electrons. The Bertz CT molecular complexity index is 1720. The van der Waals surface area contributed by atoms with Crippen molar-refractivity contribution in [3.8, 4) is 0 Å². The van der Waals surface area contributed by atoms with Gasteiger partial charge in [0.15, 0.2) is 12.2 Å². The monoisotopic (exact) mass is 1280 g/mol. The van der Waals surface area contributed by atoms with Crippen LogP contribution in [0.2, 0.25) is 0 Å². The lowest BCUT2D eigenvalue weighted by Gasteiger charge is -2.21. The lowest BCUT2D eigenvalue weighted by molar-refractivity contribution is -0.161. The van der Waals surface area contributed by atoms with E-state index in [4.69, 9.17) is 37.0 Å². The van der Waals surface area contributed by atoms with Crippen molar-refractivity contribution in [2.75, 3.05) is 39.6 Å². The molecular formula is C68H132O17P2. The van der Waals surface area contributed by atoms with E-state index in [9.17, 15) is 43.2 Å². The average Bonchev–Trinajstić information content (AvgIpc) is 3.71. The molecule has 0 heterocycles. The van der Waals surface area contributed by atoms with Crippen LogP contribution in [0.3, 0.4) is 0 Å². The van der Waals surface area contributed by atoms with Gasteiger partial charge in [0.2, 0.25) is 0 Å². The number of phosphoric ester groups is 2. The van der Waals surface area contributed by atoms with Crippen LogP contribution in [0.25, 0.3) is 0 Å². The second-order valence-electron chi connectivity index (χ2n) is 25.5. The molecule has 0 saturated carbocycles. The van der Waals surface area contributed by atoms with Gasteiger partial charge in [0.1, 0.15) is 19.3 Å². The molecular weight excluding hydrogens is 1150 g/mol. The van der Waals surface area contributed by atoms with E-state index in [-0.39, 0.29) is 25.7 Å². The van der Waals surface area contributed by atoms with Crippen LogP contribution in [0.1, 0.15) is 337 Å². The quantitative estimate of drug-likeness (QED) is 0.0222. The Balaban J connectivity index is 5.26. The Hall–Kier alpha value is -1.94. The first-order valence-corrected chi connectivity index (χ1v) is 38.4. The molecule has 0 aromatic heterocycles. The number of aliphatic hydroxyl groups is 1. The molecule has 0 aromatic rings. The molecule has 0 spiro atoms. The second kappa shape index (κ2) is 59.1. The fraction of sp³-hybridized carbons (Fsp3) is 0.941. The van der Waals surface area contributed by atoms with E-state index in [1.54, 1.807) is 0 Å². The molecule has 0 fully saturated rings. The van der Waals surface area contributed by atoms with Crippen LogP contribution in [0.15, 0.2) is 0 Å². The number of carbonyl (C=O) groups is 4. The number of unbranched alkanes of at least 4 members (excludes halogenated alkanes) is 32. The highest BCUT2D eigenvalue weighted by molar-refractivity contribution is 7.47. The smallest absolute Gasteiger partial charge is 0.462 e. The van der Waals surface area contributed by atoms with Crippen LogP contribution in [0.5, 0.6) is 0 Å². The molecule has 0 amide bonds. The van der Waals surface area contributed by atoms with E-state index in [0.29, 0.717) is 25.7 Å². The molecule has 0 aliphatic rings. The topological polar surface area (TPSA) is 237 Å². The zero-order valence-electron chi connectivity index (χ0n) is 56.5. The first-order valence-electron chi connectivity index (χ1n) is 35.4. The van der Waals surface area contributed by atoms with E-state index in [1.165, 1.54) is 148 Å². The minimum absolute atomic E-state index is 0.105. The summed E-state index contributed by atoms with van der Waals surface area (Å²) in [4.78, 5) is 72.4. The maximum absolute atomic E-state index is 13.0. The van der Waals surface area contributed by atoms with Gasteiger partial charge in [0.05, 0.1) is 26.4 Å². The third-order valence-electron chi connectivity index (χ3n) is 16.4. The fourth-order valence-corrected chi connectivity index (χ4v) is 11.7. The number of aliphatic hydroxyl groups excluding tert-OH is 1. The highest BCUT2D eigenvalue weighted by Crippen LogP contribution is 2.45. The second-order valence-corrected chi connectivity index (χ2v) is 28.4. The number of ether oxygens (including phenoxy) is 4. The summed E-state index contributed by atoms with van der Waals surface area (Å²) >= 11 is 0. The Morgan fingerprint density at radius 2 is 0.586 bits per heavy atom. The molecule has 0 aromatic carbocycles. The van der Waals surface area contributed by atoms with E-state index >= 15 is 0 Å². The largest absolute Gasteiger partial charge is 0.472 e. The van der Waals surface area contributed by atoms with Crippen LogP contribution in [-0.4, -0.2) is 96.7 Å². The molecule has 7 atom stereocenters. The van der Waals surface area contributed by atoms with Gasteiger partial charge < -0.3 is 33.8 Å². The van der Waals surface area contributed by atoms with Crippen molar-refractivity contribution >= 4 is 39.5 Å². The molecule has 3 N–H and O–H groups in total. The van der Waals surface area contributed by atoms with Crippen molar-refractivity contribution in [1.82, 2.24) is 0 Å². The maximum Gasteiger partial charge on any atom is 0.472 e. The van der Waals surface area contributed by atoms with Gasteiger partial charge >= 0.3 is 39.5 Å². The number of hydrogen-bond donors (Lipinski definition) is 3. The highest BCUT2D eigenvalue weighted by atomic mass is 31.2. The molecule has 19 heteroatoms. The molecule has 87 heavy (non-hydrogen) atoms. The number of phosphoric acid groups is 2. The van der Waals surface area contributed by atoms with Crippen molar-refractivity contribution < 1.29 is 80.2 Å². The summed E-state index contributed by atoms with van der Waals surface area (Å²) in [5.41, 5.74) is 0. The summed E-state index contributed by atoms with van der Waals surface area (Å²) in [5, 5.41) is 10.6. The van der Waals surface area contributed by atoms with E-state index in [2.05, 4.69) is 48.5 Å². The van der Waals surface area contributed by atoms with E-state index in [1.807, 2.05) is 0 Å². The van der Waals surface area contributed by atoms with Gasteiger partial charge in [-0.2, -0.15) is 0 Å². The third-order valence-corrected chi connectivity index (χ3v) is 18.3. The molecule has 0 radical (unpaired) electrons. The van der Waals surface area contributed by atoms with Crippen LogP contribution in [0.4, 0.5) is 0 Å². The molecule has 0 saturated heterocycles. The summed E-state index contributed by atoms with van der Waals surface area (Å²) in [6.07, 6.45) is 41.5. The predicted octanol–water partition coefficient (Wildman–Crippen LogP) is 19.1. The third kappa shape index (κ3) is 60.1. The normalized spacial score (nSPS) is 14.9. The number of carbonyl (C=O) groups excluding carboxylic acids is 4. The predicted molar refractivity (Wildman–Crippen MR) is 349 cm³/mol. The highest BCUT2D eigenvalue weighted by Gasteiger charge is 2.30. The van der Waals surface area contributed by atoms with Crippen molar-refractivity contribution in [3.63, 3.8) is 0 Å². The van der Waals surface area contributed by atoms with Gasteiger partial charge in [-0.3, -0.25) is 37.3 Å². The van der Waals surface area contributed by atoms with Gasteiger partial charge in [-0.15, -0.1) is 0 Å². The average molecular weight is 1280 g/mol. The number of esters is 4. The zero-order valence-corrected chi connectivity index (χ0v) is 58.3. The molecule has 17 nitrogen and oxygen atoms in total. The summed E-state index contributed by atoms with van der Waals surface area (Å²) in [7, 11) is -9.90. The van der Waals surface area contributed by atoms with Gasteiger partial charge in [0, 0.05) is 25.7 Å². The van der Waals surface area contributed by atoms with Crippen LogP contribution in [-0.2, 0) is 65.4 Å². The van der Waals surface area contributed by atoms with Crippen LogP contribution >= 0.6 is 15.6 Å². The van der Waals surface area contributed by atoms with Crippen molar-refractivity contribution in [2.24, 2.45) is 17.8 Å².